The fourth-order valence-corrected chi connectivity index (χ4v) is 4.24. The molecule has 1 aliphatic carbocycles. The topological polar surface area (TPSA) is 105 Å². The van der Waals surface area contributed by atoms with Gasteiger partial charge in [-0.25, -0.2) is 9.97 Å². The quantitative estimate of drug-likeness (QED) is 0.681. The lowest BCUT2D eigenvalue weighted by Crippen LogP contribution is -2.43. The summed E-state index contributed by atoms with van der Waals surface area (Å²) >= 11 is 0. The minimum atomic E-state index is -0.307. The van der Waals surface area contributed by atoms with Gasteiger partial charge in [0.1, 0.15) is 11.5 Å². The molecule has 1 aromatic heterocycles. The number of carbonyl (C=O) groups is 1. The number of anilines is 1. The van der Waals surface area contributed by atoms with Crippen molar-refractivity contribution in [2.24, 2.45) is 0 Å². The van der Waals surface area contributed by atoms with Crippen molar-refractivity contribution in [2.45, 2.75) is 37.5 Å². The molecule has 1 amide bonds. The maximum Gasteiger partial charge on any atom is 0.251 e. The second-order valence-corrected chi connectivity index (χ2v) is 9.09. The van der Waals surface area contributed by atoms with Crippen LogP contribution in [-0.4, -0.2) is 22.4 Å². The van der Waals surface area contributed by atoms with Crippen molar-refractivity contribution in [1.82, 2.24) is 15.3 Å². The molecule has 5 rings (SSSR count). The van der Waals surface area contributed by atoms with E-state index in [1.807, 2.05) is 42.5 Å². The molecule has 0 radical (unpaired) electrons. The van der Waals surface area contributed by atoms with E-state index < -0.39 is 0 Å². The van der Waals surface area contributed by atoms with Crippen molar-refractivity contribution >= 4 is 11.7 Å². The highest BCUT2D eigenvalue weighted by Gasteiger charge is 2.44. The minimum Gasteiger partial charge on any atom is -0.382 e. The van der Waals surface area contributed by atoms with Crippen molar-refractivity contribution in [3.63, 3.8) is 0 Å². The van der Waals surface area contributed by atoms with Crippen LogP contribution in [0.3, 0.4) is 0 Å². The molecule has 1 fully saturated rings. The SMILES string of the molecule is CC1(C)CNC(=O)c2ccc(-c3nc(-c4ccc(C5(C#N)CC5)cc4)cnc3N)cc21. The summed E-state index contributed by atoms with van der Waals surface area (Å²) in [5.41, 5.74) is 11.5. The second kappa shape index (κ2) is 6.64. The zero-order chi connectivity index (χ0) is 21.8. The van der Waals surface area contributed by atoms with Crippen molar-refractivity contribution < 1.29 is 4.79 Å². The largest absolute Gasteiger partial charge is 0.382 e. The van der Waals surface area contributed by atoms with Crippen LogP contribution in [-0.2, 0) is 10.8 Å². The molecule has 0 saturated heterocycles. The van der Waals surface area contributed by atoms with Crippen LogP contribution in [0.1, 0.15) is 48.2 Å². The van der Waals surface area contributed by atoms with Gasteiger partial charge in [0, 0.05) is 28.7 Å². The number of hydrogen-bond acceptors (Lipinski definition) is 5. The molecule has 3 aromatic rings. The van der Waals surface area contributed by atoms with E-state index in [0.29, 0.717) is 29.3 Å². The van der Waals surface area contributed by atoms with Crippen LogP contribution in [0.5, 0.6) is 0 Å². The van der Waals surface area contributed by atoms with Crippen LogP contribution in [0.4, 0.5) is 5.82 Å². The van der Waals surface area contributed by atoms with Gasteiger partial charge in [-0.1, -0.05) is 44.2 Å². The van der Waals surface area contributed by atoms with E-state index in [0.717, 1.165) is 35.1 Å². The van der Waals surface area contributed by atoms with Crippen LogP contribution < -0.4 is 11.1 Å². The summed E-state index contributed by atoms with van der Waals surface area (Å²) in [5, 5.41) is 12.4. The van der Waals surface area contributed by atoms with Crippen molar-refractivity contribution in [2.75, 3.05) is 12.3 Å². The van der Waals surface area contributed by atoms with Gasteiger partial charge in [0.2, 0.25) is 0 Å². The van der Waals surface area contributed by atoms with Crippen molar-refractivity contribution in [3.8, 4) is 28.6 Å². The zero-order valence-electron chi connectivity index (χ0n) is 17.6. The Morgan fingerprint density at radius 3 is 2.48 bits per heavy atom. The van der Waals surface area contributed by atoms with Crippen LogP contribution >= 0.6 is 0 Å². The third-order valence-corrected chi connectivity index (χ3v) is 6.46. The van der Waals surface area contributed by atoms with Crippen molar-refractivity contribution in [1.29, 1.82) is 5.26 Å². The third kappa shape index (κ3) is 3.14. The van der Waals surface area contributed by atoms with E-state index in [1.54, 1.807) is 6.20 Å². The first-order valence-corrected chi connectivity index (χ1v) is 10.4. The lowest BCUT2D eigenvalue weighted by molar-refractivity contribution is 0.0930. The first-order chi connectivity index (χ1) is 14.8. The molecule has 1 saturated carbocycles. The predicted molar refractivity (Wildman–Crippen MR) is 119 cm³/mol. The molecule has 0 atom stereocenters. The van der Waals surface area contributed by atoms with Crippen LogP contribution in [0.2, 0.25) is 0 Å². The molecular weight excluding hydrogens is 386 g/mol. The summed E-state index contributed by atoms with van der Waals surface area (Å²) in [7, 11) is 0. The molecule has 154 valence electrons. The minimum absolute atomic E-state index is 0.0559. The molecular formula is C25H23N5O. The highest BCUT2D eigenvalue weighted by Crippen LogP contribution is 2.47. The predicted octanol–water partition coefficient (Wildman–Crippen LogP) is 3.97. The zero-order valence-corrected chi connectivity index (χ0v) is 17.6. The summed E-state index contributed by atoms with van der Waals surface area (Å²) < 4.78 is 0. The van der Waals surface area contributed by atoms with E-state index in [1.165, 1.54) is 0 Å². The smallest absolute Gasteiger partial charge is 0.251 e. The fourth-order valence-electron chi connectivity index (χ4n) is 4.24. The number of nitrogen functional groups attached to an aromatic ring is 1. The molecule has 2 aliphatic rings. The Kier molecular flexibility index (Phi) is 4.13. The molecule has 1 aliphatic heterocycles. The number of nitriles is 1. The van der Waals surface area contributed by atoms with E-state index >= 15 is 0 Å². The van der Waals surface area contributed by atoms with Gasteiger partial charge >= 0.3 is 0 Å². The van der Waals surface area contributed by atoms with Crippen LogP contribution in [0, 0.1) is 11.3 Å². The number of fused-ring (bicyclic) bond motifs is 1. The van der Waals surface area contributed by atoms with Gasteiger partial charge in [-0.3, -0.25) is 4.79 Å². The van der Waals surface area contributed by atoms with Gasteiger partial charge in [-0.15, -0.1) is 0 Å². The summed E-state index contributed by atoms with van der Waals surface area (Å²) in [6.45, 7) is 4.80. The average Bonchev–Trinajstić information content (AvgIpc) is 3.58. The first-order valence-electron chi connectivity index (χ1n) is 10.4. The van der Waals surface area contributed by atoms with Crippen LogP contribution in [0.25, 0.3) is 22.5 Å². The van der Waals surface area contributed by atoms with E-state index in [9.17, 15) is 10.1 Å². The van der Waals surface area contributed by atoms with Crippen LogP contribution in [0.15, 0.2) is 48.7 Å². The number of carbonyl (C=O) groups excluding carboxylic acids is 1. The Hall–Kier alpha value is -3.72. The molecule has 6 nitrogen and oxygen atoms in total. The van der Waals surface area contributed by atoms with E-state index in [2.05, 4.69) is 30.2 Å². The summed E-state index contributed by atoms with van der Waals surface area (Å²) in [5.74, 6) is 0.291. The summed E-state index contributed by atoms with van der Waals surface area (Å²) in [4.78, 5) is 21.4. The number of amides is 1. The van der Waals surface area contributed by atoms with Gasteiger partial charge in [-0.2, -0.15) is 5.26 Å². The third-order valence-electron chi connectivity index (χ3n) is 6.46. The highest BCUT2D eigenvalue weighted by molar-refractivity contribution is 5.98. The number of aromatic nitrogens is 2. The summed E-state index contributed by atoms with van der Waals surface area (Å²) in [6.07, 6.45) is 3.50. The molecule has 0 unspecified atom stereocenters. The molecule has 0 spiro atoms. The Labute approximate surface area is 181 Å². The maximum atomic E-state index is 12.3. The van der Waals surface area contributed by atoms with Crippen molar-refractivity contribution in [3.05, 3.63) is 65.4 Å². The first kappa shape index (κ1) is 19.3. The van der Waals surface area contributed by atoms with E-state index in [4.69, 9.17) is 10.7 Å². The maximum absolute atomic E-state index is 12.3. The lowest BCUT2D eigenvalue weighted by atomic mass is 9.78. The number of nitrogens with two attached hydrogens (primary N) is 1. The van der Waals surface area contributed by atoms with Gasteiger partial charge in [-0.05, 0) is 36.1 Å². The number of rotatable bonds is 3. The Bertz CT molecular complexity index is 1250. The van der Waals surface area contributed by atoms with E-state index in [-0.39, 0.29) is 16.7 Å². The summed E-state index contributed by atoms with van der Waals surface area (Å²) in [6, 6.07) is 16.1. The fraction of sp³-hybridized carbons (Fsp3) is 0.280. The normalized spacial score (nSPS) is 17.9. The monoisotopic (exact) mass is 409 g/mol. The molecule has 6 heteroatoms. The molecule has 3 N–H and O–H groups in total. The average molecular weight is 409 g/mol. The highest BCUT2D eigenvalue weighted by atomic mass is 16.1. The van der Waals surface area contributed by atoms with Gasteiger partial charge < -0.3 is 11.1 Å². The van der Waals surface area contributed by atoms with Gasteiger partial charge in [0.25, 0.3) is 5.91 Å². The molecule has 31 heavy (non-hydrogen) atoms. The Morgan fingerprint density at radius 1 is 1.10 bits per heavy atom. The molecule has 2 heterocycles. The standard InChI is InChI=1S/C25H23N5O/c1-24(2)14-29-23(31)18-8-5-16(11-19(18)24)21-22(27)28-12-20(30-21)15-3-6-17(7-4-15)25(13-26)9-10-25/h3-8,11-12H,9-10,14H2,1-2H3,(H2,27,28)(H,29,31). The van der Waals surface area contributed by atoms with Gasteiger partial charge in [0.05, 0.1) is 23.4 Å². The second-order valence-electron chi connectivity index (χ2n) is 9.09. The molecule has 0 bridgehead atoms. The lowest BCUT2D eigenvalue weighted by Gasteiger charge is -2.32. The molecule has 2 aromatic carbocycles. The number of hydrogen-bond donors (Lipinski definition) is 2. The number of benzene rings is 2. The number of nitrogens with zero attached hydrogens (tertiary/aromatic N) is 3. The van der Waals surface area contributed by atoms with Gasteiger partial charge in [0.15, 0.2) is 0 Å². The number of nitrogens with one attached hydrogen (secondary N) is 1. The Balaban J connectivity index is 1.54. The Morgan fingerprint density at radius 2 is 1.81 bits per heavy atom.